The van der Waals surface area contributed by atoms with Crippen LogP contribution in [-0.4, -0.2) is 0 Å². The van der Waals surface area contributed by atoms with Gasteiger partial charge in [0.15, 0.2) is 0 Å². The van der Waals surface area contributed by atoms with E-state index in [0.717, 1.165) is 0 Å². The van der Waals surface area contributed by atoms with E-state index in [0.29, 0.717) is 0 Å². The maximum atomic E-state index is 2.18. The van der Waals surface area contributed by atoms with Crippen molar-refractivity contribution in [3.63, 3.8) is 0 Å². The third-order valence-electron chi connectivity index (χ3n) is 2.48. The van der Waals surface area contributed by atoms with Crippen molar-refractivity contribution in [3.8, 4) is 0 Å². The van der Waals surface area contributed by atoms with E-state index in [9.17, 15) is 0 Å². The fraction of sp³-hybridized carbons (Fsp3) is 0.154. The predicted octanol–water partition coefficient (Wildman–Crippen LogP) is 3.72. The monoisotopic (exact) mass is 169 g/mol. The van der Waals surface area contributed by atoms with Gasteiger partial charge in [-0.05, 0) is 35.2 Å². The minimum atomic E-state index is 1.32. The van der Waals surface area contributed by atoms with Gasteiger partial charge in [-0.15, -0.1) is 0 Å². The van der Waals surface area contributed by atoms with Crippen LogP contribution in [0.25, 0.3) is 10.8 Å². The first-order chi connectivity index (χ1) is 6.33. The van der Waals surface area contributed by atoms with Gasteiger partial charge in [0, 0.05) is 0 Å². The lowest BCUT2D eigenvalue weighted by atomic mass is 9.98. The van der Waals surface area contributed by atoms with E-state index in [4.69, 9.17) is 0 Å². The standard InChI is InChI=1S/C13H13/c1-3-12-10(2)8-9-11-6-4-5-7-13(11)12/h3-9H,1-2H3. The van der Waals surface area contributed by atoms with Crippen LogP contribution >= 0.6 is 0 Å². The molecular formula is C13H13. The summed E-state index contributed by atoms with van der Waals surface area (Å²) >= 11 is 0. The van der Waals surface area contributed by atoms with Crippen molar-refractivity contribution in [3.05, 3.63) is 53.9 Å². The lowest BCUT2D eigenvalue weighted by Gasteiger charge is -2.07. The highest BCUT2D eigenvalue weighted by Crippen LogP contribution is 2.22. The zero-order chi connectivity index (χ0) is 9.26. The zero-order valence-electron chi connectivity index (χ0n) is 8.04. The summed E-state index contributed by atoms with van der Waals surface area (Å²) in [7, 11) is 0. The van der Waals surface area contributed by atoms with E-state index in [-0.39, 0.29) is 0 Å². The second kappa shape index (κ2) is 3.21. The first kappa shape index (κ1) is 8.31. The Morgan fingerprint density at radius 1 is 1.00 bits per heavy atom. The van der Waals surface area contributed by atoms with Crippen LogP contribution in [0.15, 0.2) is 36.4 Å². The Balaban J connectivity index is 2.84. The summed E-state index contributed by atoms with van der Waals surface area (Å²) in [6.07, 6.45) is 2.18. The molecule has 0 aliphatic carbocycles. The van der Waals surface area contributed by atoms with Crippen molar-refractivity contribution in [2.75, 3.05) is 0 Å². The van der Waals surface area contributed by atoms with Gasteiger partial charge in [0.2, 0.25) is 0 Å². The molecule has 0 aliphatic heterocycles. The van der Waals surface area contributed by atoms with Crippen molar-refractivity contribution in [1.82, 2.24) is 0 Å². The quantitative estimate of drug-likeness (QED) is 0.610. The Morgan fingerprint density at radius 2 is 1.77 bits per heavy atom. The summed E-state index contributed by atoms with van der Waals surface area (Å²) in [5.74, 6) is 0. The molecule has 0 amide bonds. The molecule has 1 radical (unpaired) electrons. The Bertz CT molecular complexity index is 427. The second-order valence-electron chi connectivity index (χ2n) is 3.31. The van der Waals surface area contributed by atoms with Crippen LogP contribution in [0.1, 0.15) is 18.1 Å². The first-order valence-electron chi connectivity index (χ1n) is 4.60. The fourth-order valence-corrected chi connectivity index (χ4v) is 1.79. The molecule has 0 heterocycles. The van der Waals surface area contributed by atoms with Crippen LogP contribution in [0, 0.1) is 13.3 Å². The van der Waals surface area contributed by atoms with Crippen LogP contribution in [0.4, 0.5) is 0 Å². The van der Waals surface area contributed by atoms with E-state index >= 15 is 0 Å². The Kier molecular flexibility index (Phi) is 2.05. The molecule has 0 saturated carbocycles. The third kappa shape index (κ3) is 1.33. The molecule has 0 fully saturated rings. The highest BCUT2D eigenvalue weighted by molar-refractivity contribution is 5.87. The van der Waals surface area contributed by atoms with E-state index in [1.807, 2.05) is 0 Å². The van der Waals surface area contributed by atoms with Gasteiger partial charge in [0.1, 0.15) is 0 Å². The zero-order valence-corrected chi connectivity index (χ0v) is 8.04. The topological polar surface area (TPSA) is 0 Å². The minimum Gasteiger partial charge on any atom is -0.0616 e. The maximum Gasteiger partial charge on any atom is -0.0115 e. The highest BCUT2D eigenvalue weighted by Gasteiger charge is 2.00. The molecule has 2 rings (SSSR count). The average Bonchev–Trinajstić information content (AvgIpc) is 2.18. The Labute approximate surface area is 79.2 Å². The van der Waals surface area contributed by atoms with Crippen molar-refractivity contribution in [2.45, 2.75) is 13.8 Å². The first-order valence-corrected chi connectivity index (χ1v) is 4.60. The van der Waals surface area contributed by atoms with Gasteiger partial charge in [-0.3, -0.25) is 0 Å². The Morgan fingerprint density at radius 3 is 2.54 bits per heavy atom. The van der Waals surface area contributed by atoms with Crippen LogP contribution < -0.4 is 0 Å². The summed E-state index contributed by atoms with van der Waals surface area (Å²) in [5, 5.41) is 2.67. The minimum absolute atomic E-state index is 1.32. The number of hydrogen-bond donors (Lipinski definition) is 0. The molecule has 0 nitrogen and oxygen atoms in total. The molecule has 0 heteroatoms. The summed E-state index contributed by atoms with van der Waals surface area (Å²) in [4.78, 5) is 0. The fourth-order valence-electron chi connectivity index (χ4n) is 1.79. The molecule has 0 unspecified atom stereocenters. The SMILES string of the molecule is C[CH]c1c(C)ccc2ccccc12. The molecule has 0 atom stereocenters. The molecule has 2 aromatic rings. The lowest BCUT2D eigenvalue weighted by Crippen LogP contribution is -1.86. The molecule has 0 saturated heterocycles. The summed E-state index contributed by atoms with van der Waals surface area (Å²) in [6, 6.07) is 12.9. The second-order valence-corrected chi connectivity index (χ2v) is 3.31. The van der Waals surface area contributed by atoms with E-state index in [1.165, 1.54) is 21.9 Å². The van der Waals surface area contributed by atoms with Gasteiger partial charge in [0.25, 0.3) is 0 Å². The third-order valence-corrected chi connectivity index (χ3v) is 2.48. The van der Waals surface area contributed by atoms with Crippen molar-refractivity contribution < 1.29 is 0 Å². The lowest BCUT2D eigenvalue weighted by molar-refractivity contribution is 1.36. The molecule has 0 bridgehead atoms. The molecule has 65 valence electrons. The van der Waals surface area contributed by atoms with Crippen LogP contribution in [0.2, 0.25) is 0 Å². The average molecular weight is 169 g/mol. The van der Waals surface area contributed by atoms with Gasteiger partial charge >= 0.3 is 0 Å². The van der Waals surface area contributed by atoms with E-state index in [1.54, 1.807) is 0 Å². The summed E-state index contributed by atoms with van der Waals surface area (Å²) < 4.78 is 0. The van der Waals surface area contributed by atoms with Crippen LogP contribution in [0.5, 0.6) is 0 Å². The van der Waals surface area contributed by atoms with Crippen molar-refractivity contribution in [2.24, 2.45) is 0 Å². The molecule has 0 aliphatic rings. The largest absolute Gasteiger partial charge is 0.0616 e. The summed E-state index contributed by atoms with van der Waals surface area (Å²) in [5.41, 5.74) is 2.71. The molecular weight excluding hydrogens is 156 g/mol. The number of benzene rings is 2. The van der Waals surface area contributed by atoms with Crippen molar-refractivity contribution >= 4 is 10.8 Å². The number of fused-ring (bicyclic) bond motifs is 1. The van der Waals surface area contributed by atoms with E-state index < -0.39 is 0 Å². The molecule has 13 heavy (non-hydrogen) atoms. The Hall–Kier alpha value is -1.30. The number of hydrogen-bond acceptors (Lipinski definition) is 0. The predicted molar refractivity (Wildman–Crippen MR) is 57.8 cm³/mol. The molecule has 0 N–H and O–H groups in total. The molecule has 0 spiro atoms. The van der Waals surface area contributed by atoms with Gasteiger partial charge in [-0.2, -0.15) is 0 Å². The molecule has 0 aromatic heterocycles. The van der Waals surface area contributed by atoms with Crippen molar-refractivity contribution in [1.29, 1.82) is 0 Å². The van der Waals surface area contributed by atoms with Gasteiger partial charge in [-0.1, -0.05) is 43.3 Å². The van der Waals surface area contributed by atoms with E-state index in [2.05, 4.69) is 56.7 Å². The van der Waals surface area contributed by atoms with Gasteiger partial charge in [-0.25, -0.2) is 0 Å². The van der Waals surface area contributed by atoms with Crippen LogP contribution in [0.3, 0.4) is 0 Å². The number of rotatable bonds is 1. The highest BCUT2D eigenvalue weighted by atomic mass is 14.1. The maximum absolute atomic E-state index is 2.18. The van der Waals surface area contributed by atoms with Crippen LogP contribution in [-0.2, 0) is 0 Å². The smallest absolute Gasteiger partial charge is 0.0115 e. The normalized spacial score (nSPS) is 10.6. The van der Waals surface area contributed by atoms with Gasteiger partial charge < -0.3 is 0 Å². The van der Waals surface area contributed by atoms with Gasteiger partial charge in [0.05, 0.1) is 0 Å². The number of aryl methyl sites for hydroxylation is 1. The summed E-state index contributed by atoms with van der Waals surface area (Å²) in [6.45, 7) is 4.25. The molecule has 2 aromatic carbocycles.